The zero-order valence-corrected chi connectivity index (χ0v) is 10.4. The predicted octanol–water partition coefficient (Wildman–Crippen LogP) is 2.92. The number of likely N-dealkylation sites (tertiary alicyclic amines) is 1. The summed E-state index contributed by atoms with van der Waals surface area (Å²) in [7, 11) is 0. The number of ether oxygens (including phenoxy) is 1. The quantitative estimate of drug-likeness (QED) is 0.763. The van der Waals surface area contributed by atoms with Gasteiger partial charge in [-0.2, -0.15) is 0 Å². The summed E-state index contributed by atoms with van der Waals surface area (Å²) in [5.41, 5.74) is 0. The van der Waals surface area contributed by atoms with Crippen molar-refractivity contribution in [2.24, 2.45) is 0 Å². The van der Waals surface area contributed by atoms with E-state index in [9.17, 15) is 0 Å². The summed E-state index contributed by atoms with van der Waals surface area (Å²) in [6.07, 6.45) is 2.49. The molecule has 2 nitrogen and oxygen atoms in total. The van der Waals surface area contributed by atoms with Crippen LogP contribution >= 0.6 is 15.9 Å². The van der Waals surface area contributed by atoms with Crippen LogP contribution in [0.5, 0.6) is 5.75 Å². The van der Waals surface area contributed by atoms with E-state index in [-0.39, 0.29) is 0 Å². The van der Waals surface area contributed by atoms with Gasteiger partial charge in [-0.05, 0) is 50.2 Å². The number of benzene rings is 1. The Labute approximate surface area is 99.4 Å². The van der Waals surface area contributed by atoms with Crippen molar-refractivity contribution in [3.63, 3.8) is 0 Å². The van der Waals surface area contributed by atoms with E-state index in [1.54, 1.807) is 0 Å². The van der Waals surface area contributed by atoms with E-state index in [1.807, 2.05) is 24.3 Å². The van der Waals surface area contributed by atoms with Gasteiger partial charge < -0.3 is 9.64 Å². The fraction of sp³-hybridized carbons (Fsp3) is 0.500. The summed E-state index contributed by atoms with van der Waals surface area (Å²) in [6.45, 7) is 4.55. The van der Waals surface area contributed by atoms with Crippen molar-refractivity contribution in [1.82, 2.24) is 4.90 Å². The molecule has 1 saturated heterocycles. The topological polar surface area (TPSA) is 12.5 Å². The van der Waals surface area contributed by atoms with E-state index in [1.165, 1.54) is 26.1 Å². The van der Waals surface area contributed by atoms with Gasteiger partial charge >= 0.3 is 0 Å². The minimum Gasteiger partial charge on any atom is -0.494 e. The largest absolute Gasteiger partial charge is 0.494 e. The summed E-state index contributed by atoms with van der Waals surface area (Å²) in [5, 5.41) is 0. The van der Waals surface area contributed by atoms with Gasteiger partial charge in [-0.3, -0.25) is 0 Å². The molecule has 0 amide bonds. The fourth-order valence-electron chi connectivity index (χ4n) is 1.61. The van der Waals surface area contributed by atoms with Gasteiger partial charge in [0.25, 0.3) is 0 Å². The van der Waals surface area contributed by atoms with Crippen molar-refractivity contribution in [2.75, 3.05) is 26.2 Å². The average Bonchev–Trinajstić information content (AvgIpc) is 2.18. The molecule has 3 heteroatoms. The Bertz CT molecular complexity index is 295. The van der Waals surface area contributed by atoms with Crippen LogP contribution in [0.1, 0.15) is 12.8 Å². The summed E-state index contributed by atoms with van der Waals surface area (Å²) in [4.78, 5) is 2.46. The smallest absolute Gasteiger partial charge is 0.119 e. The fourth-order valence-corrected chi connectivity index (χ4v) is 1.88. The van der Waals surface area contributed by atoms with E-state index >= 15 is 0 Å². The van der Waals surface area contributed by atoms with E-state index in [2.05, 4.69) is 20.8 Å². The van der Waals surface area contributed by atoms with Crippen LogP contribution in [0.15, 0.2) is 28.7 Å². The predicted molar refractivity (Wildman–Crippen MR) is 65.3 cm³/mol. The lowest BCUT2D eigenvalue weighted by molar-refractivity contribution is 0.165. The molecule has 1 aliphatic heterocycles. The molecule has 0 aliphatic carbocycles. The molecular weight excluding hydrogens is 254 g/mol. The maximum absolute atomic E-state index is 5.63. The maximum atomic E-state index is 5.63. The Hall–Kier alpha value is -0.540. The molecule has 0 unspecified atom stereocenters. The monoisotopic (exact) mass is 269 g/mol. The number of hydrogen-bond donors (Lipinski definition) is 0. The van der Waals surface area contributed by atoms with Gasteiger partial charge in [-0.1, -0.05) is 15.9 Å². The number of hydrogen-bond acceptors (Lipinski definition) is 2. The van der Waals surface area contributed by atoms with Crippen LogP contribution in [-0.4, -0.2) is 31.1 Å². The molecular formula is C12H16BrNO. The molecule has 1 aromatic rings. The highest BCUT2D eigenvalue weighted by atomic mass is 79.9. The number of halogens is 1. The van der Waals surface area contributed by atoms with Crippen molar-refractivity contribution in [1.29, 1.82) is 0 Å². The minimum atomic E-state index is 0.818. The Morgan fingerprint density at radius 2 is 1.93 bits per heavy atom. The number of nitrogens with zero attached hydrogens (tertiary/aromatic N) is 1. The summed E-state index contributed by atoms with van der Waals surface area (Å²) >= 11 is 3.40. The molecule has 0 N–H and O–H groups in total. The average molecular weight is 270 g/mol. The van der Waals surface area contributed by atoms with Gasteiger partial charge in [0, 0.05) is 11.0 Å². The van der Waals surface area contributed by atoms with Crippen LogP contribution in [0.2, 0.25) is 0 Å². The Morgan fingerprint density at radius 1 is 1.20 bits per heavy atom. The zero-order chi connectivity index (χ0) is 10.5. The van der Waals surface area contributed by atoms with Gasteiger partial charge in [0.2, 0.25) is 0 Å². The molecule has 0 radical (unpaired) electrons. The standard InChI is InChI=1S/C12H16BrNO/c13-11-3-5-12(6-4-11)15-10-2-9-14-7-1-8-14/h3-6H,1-2,7-10H2. The van der Waals surface area contributed by atoms with Gasteiger partial charge in [-0.25, -0.2) is 0 Å². The highest BCUT2D eigenvalue weighted by Crippen LogP contribution is 2.16. The molecule has 15 heavy (non-hydrogen) atoms. The Balaban J connectivity index is 1.62. The van der Waals surface area contributed by atoms with Crippen LogP contribution in [0.4, 0.5) is 0 Å². The molecule has 0 spiro atoms. The molecule has 1 aromatic carbocycles. The van der Waals surface area contributed by atoms with Crippen molar-refractivity contribution in [3.8, 4) is 5.75 Å². The molecule has 2 rings (SSSR count). The van der Waals surface area contributed by atoms with E-state index in [0.29, 0.717) is 0 Å². The van der Waals surface area contributed by atoms with Crippen molar-refractivity contribution < 1.29 is 4.74 Å². The van der Waals surface area contributed by atoms with Crippen LogP contribution in [0.3, 0.4) is 0 Å². The normalized spacial score (nSPS) is 16.1. The van der Waals surface area contributed by atoms with Crippen molar-refractivity contribution in [3.05, 3.63) is 28.7 Å². The lowest BCUT2D eigenvalue weighted by Crippen LogP contribution is -2.38. The second-order valence-corrected chi connectivity index (χ2v) is 4.77. The molecule has 0 saturated carbocycles. The highest BCUT2D eigenvalue weighted by Gasteiger charge is 2.12. The molecule has 1 heterocycles. The van der Waals surface area contributed by atoms with Gasteiger partial charge in [-0.15, -0.1) is 0 Å². The first-order valence-electron chi connectivity index (χ1n) is 5.45. The van der Waals surface area contributed by atoms with Crippen molar-refractivity contribution in [2.45, 2.75) is 12.8 Å². The van der Waals surface area contributed by atoms with Crippen LogP contribution in [-0.2, 0) is 0 Å². The van der Waals surface area contributed by atoms with Gasteiger partial charge in [0.05, 0.1) is 6.61 Å². The van der Waals surface area contributed by atoms with Crippen LogP contribution < -0.4 is 4.74 Å². The third-order valence-corrected chi connectivity index (χ3v) is 3.18. The van der Waals surface area contributed by atoms with E-state index in [0.717, 1.165) is 23.2 Å². The first-order valence-corrected chi connectivity index (χ1v) is 6.24. The molecule has 0 atom stereocenters. The lowest BCUT2D eigenvalue weighted by atomic mass is 10.2. The van der Waals surface area contributed by atoms with E-state index in [4.69, 9.17) is 4.74 Å². The third kappa shape index (κ3) is 3.50. The van der Waals surface area contributed by atoms with Crippen molar-refractivity contribution >= 4 is 15.9 Å². The first kappa shape index (κ1) is 11.0. The molecule has 1 fully saturated rings. The summed E-state index contributed by atoms with van der Waals surface area (Å²) in [5.74, 6) is 0.960. The maximum Gasteiger partial charge on any atom is 0.119 e. The van der Waals surface area contributed by atoms with E-state index < -0.39 is 0 Å². The lowest BCUT2D eigenvalue weighted by Gasteiger charge is -2.30. The second kappa shape index (κ2) is 5.52. The zero-order valence-electron chi connectivity index (χ0n) is 8.79. The number of rotatable bonds is 5. The summed E-state index contributed by atoms with van der Waals surface area (Å²) in [6, 6.07) is 8.00. The summed E-state index contributed by atoms with van der Waals surface area (Å²) < 4.78 is 6.73. The van der Waals surface area contributed by atoms with Crippen LogP contribution in [0.25, 0.3) is 0 Å². The minimum absolute atomic E-state index is 0.818. The second-order valence-electron chi connectivity index (χ2n) is 3.85. The molecule has 1 aliphatic rings. The van der Waals surface area contributed by atoms with Gasteiger partial charge in [0.1, 0.15) is 5.75 Å². The highest BCUT2D eigenvalue weighted by molar-refractivity contribution is 9.10. The third-order valence-electron chi connectivity index (χ3n) is 2.65. The first-order chi connectivity index (χ1) is 7.34. The molecule has 82 valence electrons. The Kier molecular flexibility index (Phi) is 4.03. The molecule has 0 aromatic heterocycles. The van der Waals surface area contributed by atoms with Gasteiger partial charge in [0.15, 0.2) is 0 Å². The van der Waals surface area contributed by atoms with Crippen LogP contribution in [0, 0.1) is 0 Å². The SMILES string of the molecule is Brc1ccc(OCCCN2CCC2)cc1. The Morgan fingerprint density at radius 3 is 2.53 bits per heavy atom. The molecule has 0 bridgehead atoms.